The van der Waals surface area contributed by atoms with Gasteiger partial charge in [-0.2, -0.15) is 0 Å². The number of likely N-dealkylation sites (N-methyl/N-ethyl adjacent to an activating group) is 1. The highest BCUT2D eigenvalue weighted by atomic mass is 16.5. The Morgan fingerprint density at radius 2 is 1.86 bits per heavy atom. The molecule has 114 valence electrons. The summed E-state index contributed by atoms with van der Waals surface area (Å²) in [5.74, 6) is -1.27. The summed E-state index contributed by atoms with van der Waals surface area (Å²) in [5, 5.41) is 9.12. The van der Waals surface area contributed by atoms with Gasteiger partial charge in [0.15, 0.2) is 0 Å². The Morgan fingerprint density at radius 1 is 1.24 bits per heavy atom. The Balaban J connectivity index is 1.83. The Kier molecular flexibility index (Phi) is 4.21. The van der Waals surface area contributed by atoms with E-state index in [9.17, 15) is 9.59 Å². The molecule has 0 unspecified atom stereocenters. The fourth-order valence-corrected chi connectivity index (χ4v) is 2.72. The molecule has 0 aliphatic heterocycles. The third kappa shape index (κ3) is 3.17. The molecule has 1 aliphatic rings. The number of nitrogens with zero attached hydrogens (tertiary/aromatic N) is 1. The number of carbonyl (C=O) groups is 2. The van der Waals surface area contributed by atoms with Crippen molar-refractivity contribution in [2.75, 3.05) is 20.2 Å². The zero-order chi connectivity index (χ0) is 15.6. The van der Waals surface area contributed by atoms with Gasteiger partial charge in [-0.1, -0.05) is 32.0 Å². The molecule has 1 saturated carbocycles. The zero-order valence-electron chi connectivity index (χ0n) is 12.6. The minimum atomic E-state index is -0.896. The third-order valence-electron chi connectivity index (χ3n) is 4.17. The van der Waals surface area contributed by atoms with E-state index in [2.05, 4.69) is 0 Å². The minimum absolute atomic E-state index is 0.121. The monoisotopic (exact) mass is 291 g/mol. The molecule has 21 heavy (non-hydrogen) atoms. The molecular formula is C16H21NO4. The summed E-state index contributed by atoms with van der Waals surface area (Å²) in [6.45, 7) is 4.47. The van der Waals surface area contributed by atoms with Crippen molar-refractivity contribution in [1.82, 2.24) is 4.90 Å². The first-order valence-electron chi connectivity index (χ1n) is 7.01. The van der Waals surface area contributed by atoms with Crippen molar-refractivity contribution >= 4 is 11.9 Å². The van der Waals surface area contributed by atoms with Crippen molar-refractivity contribution in [3.05, 3.63) is 30.3 Å². The average molecular weight is 291 g/mol. The smallest absolute Gasteiger partial charge is 0.307 e. The SMILES string of the molecule is CN(CCOc1ccccc1)C(=O)[C@H]1[C@@H](C(=O)O)C1(C)C. The standard InChI is InChI=1S/C16H21NO4/c1-16(2)12(13(16)15(19)20)14(18)17(3)9-10-21-11-7-5-4-6-8-11/h4-8,12-13H,9-10H2,1-3H3,(H,19,20)/t12-,13+/m1/s1. The van der Waals surface area contributed by atoms with E-state index in [0.29, 0.717) is 13.2 Å². The molecule has 1 aromatic rings. The van der Waals surface area contributed by atoms with Gasteiger partial charge in [0.1, 0.15) is 12.4 Å². The summed E-state index contributed by atoms with van der Waals surface area (Å²) < 4.78 is 5.54. The van der Waals surface area contributed by atoms with E-state index in [-0.39, 0.29) is 5.91 Å². The molecule has 0 saturated heterocycles. The Bertz CT molecular complexity index is 526. The van der Waals surface area contributed by atoms with Crippen molar-refractivity contribution in [2.24, 2.45) is 17.3 Å². The molecule has 2 atom stereocenters. The number of benzene rings is 1. The van der Waals surface area contributed by atoms with E-state index in [1.165, 1.54) is 0 Å². The molecule has 5 nitrogen and oxygen atoms in total. The highest BCUT2D eigenvalue weighted by molar-refractivity contribution is 5.91. The topological polar surface area (TPSA) is 66.8 Å². The van der Waals surface area contributed by atoms with Crippen molar-refractivity contribution in [2.45, 2.75) is 13.8 Å². The number of para-hydroxylation sites is 1. The lowest BCUT2D eigenvalue weighted by atomic mass is 10.1. The molecule has 0 bridgehead atoms. The van der Waals surface area contributed by atoms with Crippen LogP contribution in [0.5, 0.6) is 5.75 Å². The van der Waals surface area contributed by atoms with Gasteiger partial charge in [0.05, 0.1) is 18.4 Å². The van der Waals surface area contributed by atoms with Crippen molar-refractivity contribution in [3.8, 4) is 5.75 Å². The average Bonchev–Trinajstić information content (AvgIpc) is 3.02. The number of hydrogen-bond donors (Lipinski definition) is 1. The van der Waals surface area contributed by atoms with Crippen LogP contribution < -0.4 is 4.74 Å². The molecule has 5 heteroatoms. The Labute approximate surface area is 124 Å². The minimum Gasteiger partial charge on any atom is -0.492 e. The van der Waals surface area contributed by atoms with Gasteiger partial charge in [-0.15, -0.1) is 0 Å². The number of aliphatic carboxylic acids is 1. The van der Waals surface area contributed by atoms with E-state index in [1.807, 2.05) is 44.2 Å². The molecule has 1 aliphatic carbocycles. The molecule has 0 radical (unpaired) electrons. The van der Waals surface area contributed by atoms with E-state index in [0.717, 1.165) is 5.75 Å². The van der Waals surface area contributed by atoms with Gasteiger partial charge in [0.25, 0.3) is 0 Å². The second kappa shape index (κ2) is 5.76. The maximum absolute atomic E-state index is 12.3. The molecule has 0 spiro atoms. The molecular weight excluding hydrogens is 270 g/mol. The van der Waals surface area contributed by atoms with Crippen LogP contribution in [-0.4, -0.2) is 42.1 Å². The largest absolute Gasteiger partial charge is 0.492 e. The summed E-state index contributed by atoms with van der Waals surface area (Å²) in [5.41, 5.74) is -0.461. The summed E-state index contributed by atoms with van der Waals surface area (Å²) in [6.07, 6.45) is 0. The molecule has 0 aromatic heterocycles. The lowest BCUT2D eigenvalue weighted by Gasteiger charge is -2.18. The van der Waals surface area contributed by atoms with Crippen LogP contribution in [0.3, 0.4) is 0 Å². The first-order chi connectivity index (χ1) is 9.85. The molecule has 1 fully saturated rings. The maximum atomic E-state index is 12.3. The van der Waals surface area contributed by atoms with E-state index >= 15 is 0 Å². The van der Waals surface area contributed by atoms with Crippen LogP contribution in [0.4, 0.5) is 0 Å². The Hall–Kier alpha value is -2.04. The van der Waals surface area contributed by atoms with E-state index < -0.39 is 23.2 Å². The van der Waals surface area contributed by atoms with Crippen molar-refractivity contribution in [1.29, 1.82) is 0 Å². The van der Waals surface area contributed by atoms with Crippen LogP contribution in [0.15, 0.2) is 30.3 Å². The number of carboxylic acid groups (broad SMARTS) is 1. The predicted molar refractivity (Wildman–Crippen MR) is 78.0 cm³/mol. The second-order valence-electron chi connectivity index (χ2n) is 6.04. The normalized spacial score (nSPS) is 22.4. The van der Waals surface area contributed by atoms with Gasteiger partial charge >= 0.3 is 5.97 Å². The van der Waals surface area contributed by atoms with Gasteiger partial charge in [0.2, 0.25) is 5.91 Å². The van der Waals surface area contributed by atoms with Crippen molar-refractivity contribution in [3.63, 3.8) is 0 Å². The Morgan fingerprint density at radius 3 is 2.38 bits per heavy atom. The van der Waals surface area contributed by atoms with Gasteiger partial charge in [-0.25, -0.2) is 0 Å². The molecule has 1 N–H and O–H groups in total. The summed E-state index contributed by atoms with van der Waals surface area (Å²) >= 11 is 0. The molecule has 1 amide bonds. The van der Waals surface area contributed by atoms with E-state index in [4.69, 9.17) is 9.84 Å². The highest BCUT2D eigenvalue weighted by Crippen LogP contribution is 2.58. The van der Waals surface area contributed by atoms with Gasteiger partial charge < -0.3 is 14.7 Å². The lowest BCUT2D eigenvalue weighted by Crippen LogP contribution is -2.33. The second-order valence-corrected chi connectivity index (χ2v) is 6.04. The van der Waals surface area contributed by atoms with Crippen LogP contribution in [0.1, 0.15) is 13.8 Å². The van der Waals surface area contributed by atoms with Gasteiger partial charge in [-0.3, -0.25) is 9.59 Å². The van der Waals surface area contributed by atoms with Crippen LogP contribution in [0, 0.1) is 17.3 Å². The van der Waals surface area contributed by atoms with Crippen LogP contribution in [0.25, 0.3) is 0 Å². The van der Waals surface area contributed by atoms with Crippen molar-refractivity contribution < 1.29 is 19.4 Å². The van der Waals surface area contributed by atoms with Gasteiger partial charge in [-0.05, 0) is 17.5 Å². The number of ether oxygens (including phenoxy) is 1. The summed E-state index contributed by atoms with van der Waals surface area (Å²) in [6, 6.07) is 9.38. The predicted octanol–water partition coefficient (Wildman–Crippen LogP) is 1.88. The third-order valence-corrected chi connectivity index (χ3v) is 4.17. The molecule has 0 heterocycles. The van der Waals surface area contributed by atoms with E-state index in [1.54, 1.807) is 11.9 Å². The van der Waals surface area contributed by atoms with Gasteiger partial charge in [0, 0.05) is 7.05 Å². The highest BCUT2D eigenvalue weighted by Gasteiger charge is 2.66. The number of hydrogen-bond acceptors (Lipinski definition) is 3. The molecule has 1 aromatic carbocycles. The number of carbonyl (C=O) groups excluding carboxylic acids is 1. The molecule has 2 rings (SSSR count). The zero-order valence-corrected chi connectivity index (χ0v) is 12.6. The fourth-order valence-electron chi connectivity index (χ4n) is 2.72. The number of rotatable bonds is 6. The van der Waals surface area contributed by atoms with Crippen LogP contribution in [-0.2, 0) is 9.59 Å². The van der Waals surface area contributed by atoms with Crippen LogP contribution >= 0.6 is 0 Å². The number of amides is 1. The quantitative estimate of drug-likeness (QED) is 0.869. The first kappa shape index (κ1) is 15.4. The fraction of sp³-hybridized carbons (Fsp3) is 0.500. The lowest BCUT2D eigenvalue weighted by molar-refractivity contribution is -0.141. The first-order valence-corrected chi connectivity index (χ1v) is 7.01. The summed E-state index contributed by atoms with van der Waals surface area (Å²) in [4.78, 5) is 25.0. The van der Waals surface area contributed by atoms with Crippen LogP contribution in [0.2, 0.25) is 0 Å². The summed E-state index contributed by atoms with van der Waals surface area (Å²) in [7, 11) is 1.68. The maximum Gasteiger partial charge on any atom is 0.307 e. The number of carboxylic acids is 1.